The van der Waals surface area contributed by atoms with Crippen molar-refractivity contribution in [3.05, 3.63) is 58.0 Å². The van der Waals surface area contributed by atoms with Gasteiger partial charge in [-0.3, -0.25) is 9.79 Å². The van der Waals surface area contributed by atoms with Crippen molar-refractivity contribution in [2.75, 3.05) is 31.7 Å². The van der Waals surface area contributed by atoms with Crippen molar-refractivity contribution in [2.45, 2.75) is 6.54 Å². The first kappa shape index (κ1) is 18.4. The van der Waals surface area contributed by atoms with Crippen LogP contribution in [0.3, 0.4) is 0 Å². The van der Waals surface area contributed by atoms with Crippen molar-refractivity contribution >= 4 is 45.8 Å². The van der Waals surface area contributed by atoms with Crippen LogP contribution in [0.5, 0.6) is 11.5 Å². The van der Waals surface area contributed by atoms with E-state index in [-0.39, 0.29) is 12.5 Å². The number of carbonyl (C=O) groups excluding carboxylic acids is 1. The summed E-state index contributed by atoms with van der Waals surface area (Å²) < 4.78 is 11.1. The number of benzene rings is 2. The molecule has 0 saturated heterocycles. The van der Waals surface area contributed by atoms with Crippen LogP contribution in [0.4, 0.5) is 5.69 Å². The Balaban J connectivity index is 1.53. The molecule has 3 aliphatic rings. The van der Waals surface area contributed by atoms with Gasteiger partial charge in [0.1, 0.15) is 5.75 Å². The maximum Gasteiger partial charge on any atom is 0.265 e. The van der Waals surface area contributed by atoms with Crippen molar-refractivity contribution in [1.29, 1.82) is 0 Å². The van der Waals surface area contributed by atoms with E-state index in [1.165, 1.54) is 0 Å². The lowest BCUT2D eigenvalue weighted by Gasteiger charge is -2.32. The lowest BCUT2D eigenvalue weighted by atomic mass is 10.1. The van der Waals surface area contributed by atoms with Crippen LogP contribution in [-0.4, -0.2) is 42.8 Å². The number of halogens is 1. The number of nitrogens with zero attached hydrogens (tertiary/aromatic N) is 3. The number of amides is 1. The summed E-state index contributed by atoms with van der Waals surface area (Å²) in [4.78, 5) is 21.1. The summed E-state index contributed by atoms with van der Waals surface area (Å²) in [5, 5.41) is 3.63. The summed E-state index contributed by atoms with van der Waals surface area (Å²) >= 11 is 8.07. The van der Waals surface area contributed by atoms with Crippen LogP contribution in [0.1, 0.15) is 11.1 Å². The van der Waals surface area contributed by atoms with Crippen LogP contribution < -0.4 is 14.4 Å². The van der Waals surface area contributed by atoms with Gasteiger partial charge in [0, 0.05) is 22.5 Å². The first-order chi connectivity index (χ1) is 14.1. The number of anilines is 1. The number of hydrogen-bond donors (Lipinski definition) is 0. The van der Waals surface area contributed by atoms with E-state index >= 15 is 0 Å². The van der Waals surface area contributed by atoms with E-state index in [1.54, 1.807) is 29.8 Å². The standard InChI is InChI=1S/C21H18ClN3O3S/c1-27-15-4-2-13(3-5-15)10-25-17-9-14(22)8-16(20(17)28-11-19(25)26)18-12-29-21-23-6-7-24(18)21/h2-5,8-9,12H,6-7,10-11H2,1H3. The summed E-state index contributed by atoms with van der Waals surface area (Å²) in [7, 11) is 1.63. The van der Waals surface area contributed by atoms with Crippen LogP contribution in [0, 0.1) is 0 Å². The molecular weight excluding hydrogens is 410 g/mol. The zero-order valence-corrected chi connectivity index (χ0v) is 17.3. The van der Waals surface area contributed by atoms with Gasteiger partial charge in [-0.25, -0.2) is 0 Å². The topological polar surface area (TPSA) is 54.4 Å². The number of carbonyl (C=O) groups is 1. The second kappa shape index (κ2) is 7.31. The van der Waals surface area contributed by atoms with Gasteiger partial charge in [-0.1, -0.05) is 35.5 Å². The molecule has 3 heterocycles. The molecule has 2 aromatic rings. The minimum absolute atomic E-state index is 0.000837. The Bertz CT molecular complexity index is 1050. The Morgan fingerprint density at radius 3 is 2.90 bits per heavy atom. The summed E-state index contributed by atoms with van der Waals surface area (Å²) in [6.45, 7) is 2.05. The summed E-state index contributed by atoms with van der Waals surface area (Å²) in [6.07, 6.45) is 0. The number of amidine groups is 1. The van der Waals surface area contributed by atoms with Crippen molar-refractivity contribution in [2.24, 2.45) is 4.99 Å². The lowest BCUT2D eigenvalue weighted by Crippen LogP contribution is -2.38. The van der Waals surface area contributed by atoms with Crippen LogP contribution in [-0.2, 0) is 11.3 Å². The van der Waals surface area contributed by atoms with Crippen molar-refractivity contribution in [1.82, 2.24) is 4.90 Å². The number of fused-ring (bicyclic) bond motifs is 2. The number of methoxy groups -OCH3 is 1. The first-order valence-corrected chi connectivity index (χ1v) is 10.5. The van der Waals surface area contributed by atoms with Crippen molar-refractivity contribution < 1.29 is 14.3 Å². The van der Waals surface area contributed by atoms with Crippen molar-refractivity contribution in [3.63, 3.8) is 0 Å². The molecule has 3 aliphatic heterocycles. The molecule has 0 atom stereocenters. The molecule has 148 valence electrons. The van der Waals surface area contributed by atoms with E-state index in [0.717, 1.165) is 40.8 Å². The number of ether oxygens (including phenoxy) is 2. The van der Waals surface area contributed by atoms with E-state index in [0.29, 0.717) is 23.0 Å². The predicted octanol–water partition coefficient (Wildman–Crippen LogP) is 3.99. The Morgan fingerprint density at radius 1 is 1.28 bits per heavy atom. The highest BCUT2D eigenvalue weighted by Crippen LogP contribution is 2.46. The van der Waals surface area contributed by atoms with E-state index in [4.69, 9.17) is 21.1 Å². The zero-order valence-electron chi connectivity index (χ0n) is 15.7. The molecule has 1 amide bonds. The molecule has 0 aliphatic carbocycles. The summed E-state index contributed by atoms with van der Waals surface area (Å²) in [5.41, 5.74) is 3.59. The number of hydrogen-bond acceptors (Lipinski definition) is 6. The minimum atomic E-state index is -0.0975. The molecule has 2 aromatic carbocycles. The number of rotatable bonds is 4. The van der Waals surface area contributed by atoms with Gasteiger partial charge < -0.3 is 19.3 Å². The average Bonchev–Trinajstić information content (AvgIpc) is 3.34. The molecule has 0 fully saturated rings. The molecule has 0 bridgehead atoms. The van der Waals surface area contributed by atoms with Gasteiger partial charge in [0.05, 0.1) is 31.6 Å². The molecule has 0 N–H and O–H groups in total. The second-order valence-electron chi connectivity index (χ2n) is 6.86. The first-order valence-electron chi connectivity index (χ1n) is 9.23. The third kappa shape index (κ3) is 3.24. The van der Waals surface area contributed by atoms with Gasteiger partial charge in [0.15, 0.2) is 17.5 Å². The average molecular weight is 428 g/mol. The predicted molar refractivity (Wildman–Crippen MR) is 116 cm³/mol. The molecule has 0 saturated carbocycles. The van der Waals surface area contributed by atoms with Gasteiger partial charge >= 0.3 is 0 Å². The van der Waals surface area contributed by atoms with Gasteiger partial charge in [-0.15, -0.1) is 0 Å². The Kier molecular flexibility index (Phi) is 4.64. The maximum absolute atomic E-state index is 12.7. The lowest BCUT2D eigenvalue weighted by molar-refractivity contribution is -0.121. The van der Waals surface area contributed by atoms with E-state index in [2.05, 4.69) is 15.3 Å². The third-order valence-electron chi connectivity index (χ3n) is 5.11. The highest BCUT2D eigenvalue weighted by atomic mass is 35.5. The van der Waals surface area contributed by atoms with Gasteiger partial charge in [0.25, 0.3) is 5.91 Å². The highest BCUT2D eigenvalue weighted by Gasteiger charge is 2.34. The fraction of sp³-hybridized carbons (Fsp3) is 0.238. The Morgan fingerprint density at radius 2 is 2.10 bits per heavy atom. The van der Waals surface area contributed by atoms with Gasteiger partial charge in [-0.05, 0) is 29.8 Å². The Labute approximate surface area is 177 Å². The largest absolute Gasteiger partial charge is 0.497 e. The highest BCUT2D eigenvalue weighted by molar-refractivity contribution is 8.16. The van der Waals surface area contributed by atoms with Crippen LogP contribution in [0.25, 0.3) is 5.70 Å². The second-order valence-corrected chi connectivity index (χ2v) is 8.13. The van der Waals surface area contributed by atoms with Crippen LogP contribution in [0.15, 0.2) is 46.8 Å². The van der Waals surface area contributed by atoms with Crippen molar-refractivity contribution in [3.8, 4) is 11.5 Å². The number of thioether (sulfide) groups is 1. The quantitative estimate of drug-likeness (QED) is 0.738. The Hall–Kier alpha value is -2.64. The minimum Gasteiger partial charge on any atom is -0.497 e. The van der Waals surface area contributed by atoms with E-state index < -0.39 is 0 Å². The van der Waals surface area contributed by atoms with E-state index in [9.17, 15) is 4.79 Å². The normalized spacial score (nSPS) is 17.5. The third-order valence-corrected chi connectivity index (χ3v) is 6.23. The molecule has 0 spiro atoms. The number of aliphatic imine (C=N–C) groups is 1. The van der Waals surface area contributed by atoms with Crippen LogP contribution >= 0.6 is 23.4 Å². The summed E-state index contributed by atoms with van der Waals surface area (Å²) in [6, 6.07) is 11.4. The SMILES string of the molecule is COc1ccc(CN2C(=O)COc3c(C4=CSC5=NCCN45)cc(Cl)cc32)cc1. The maximum atomic E-state index is 12.7. The molecule has 0 radical (unpaired) electrons. The molecule has 8 heteroatoms. The van der Waals surface area contributed by atoms with Gasteiger partial charge in [-0.2, -0.15) is 0 Å². The molecule has 0 unspecified atom stereocenters. The smallest absolute Gasteiger partial charge is 0.265 e. The van der Waals surface area contributed by atoms with Crippen LogP contribution in [0.2, 0.25) is 5.02 Å². The molecule has 0 aromatic heterocycles. The fourth-order valence-corrected chi connectivity index (χ4v) is 4.85. The monoisotopic (exact) mass is 427 g/mol. The fourth-order valence-electron chi connectivity index (χ4n) is 3.69. The van der Waals surface area contributed by atoms with Gasteiger partial charge in [0.2, 0.25) is 0 Å². The molecule has 5 rings (SSSR count). The van der Waals surface area contributed by atoms with E-state index in [1.807, 2.05) is 30.3 Å². The molecule has 29 heavy (non-hydrogen) atoms. The zero-order chi connectivity index (χ0) is 20.0. The summed E-state index contributed by atoms with van der Waals surface area (Å²) in [5.74, 6) is 1.36. The molecule has 6 nitrogen and oxygen atoms in total. The molecular formula is C21H18ClN3O3S.